The van der Waals surface area contributed by atoms with Crippen LogP contribution < -0.4 is 5.56 Å². The fraction of sp³-hybridized carbons (Fsp3) is 0.105. The lowest BCUT2D eigenvalue weighted by Gasteiger charge is -2.11. The Hall–Kier alpha value is -2.12. The highest BCUT2D eigenvalue weighted by molar-refractivity contribution is 7.19. The molecule has 28 heavy (non-hydrogen) atoms. The van der Waals surface area contributed by atoms with Crippen LogP contribution in [-0.4, -0.2) is 20.6 Å². The molecule has 0 saturated heterocycles. The van der Waals surface area contributed by atoms with Crippen LogP contribution in [0.1, 0.15) is 10.6 Å². The lowest BCUT2D eigenvalue weighted by molar-refractivity contribution is -0.136. The highest BCUT2D eigenvalue weighted by atomic mass is 35.5. The molecule has 0 saturated carbocycles. The van der Waals surface area contributed by atoms with Crippen LogP contribution in [0.5, 0.6) is 0 Å². The predicted molar refractivity (Wildman–Crippen MR) is 113 cm³/mol. The Morgan fingerprint density at radius 3 is 2.64 bits per heavy atom. The van der Waals surface area contributed by atoms with Gasteiger partial charge in [-0.3, -0.25) is 9.59 Å². The molecule has 0 aliphatic heterocycles. The molecular formula is C19H11Cl3N2O3S. The van der Waals surface area contributed by atoms with Crippen molar-refractivity contribution >= 4 is 73.2 Å². The maximum Gasteiger partial charge on any atom is 0.308 e. The fourth-order valence-corrected chi connectivity index (χ4v) is 4.85. The van der Waals surface area contributed by atoms with Crippen molar-refractivity contribution in [2.45, 2.75) is 13.0 Å². The van der Waals surface area contributed by atoms with E-state index in [4.69, 9.17) is 39.9 Å². The van der Waals surface area contributed by atoms with Gasteiger partial charge in [-0.2, -0.15) is 0 Å². The zero-order valence-electron chi connectivity index (χ0n) is 14.1. The maximum atomic E-state index is 12.9. The molecule has 0 radical (unpaired) electrons. The summed E-state index contributed by atoms with van der Waals surface area (Å²) in [6, 6.07) is 10.5. The van der Waals surface area contributed by atoms with Gasteiger partial charge < -0.3 is 9.67 Å². The van der Waals surface area contributed by atoms with Gasteiger partial charge >= 0.3 is 5.97 Å². The summed E-state index contributed by atoms with van der Waals surface area (Å²) in [4.78, 5) is 28.6. The van der Waals surface area contributed by atoms with Crippen LogP contribution in [0.3, 0.4) is 0 Å². The van der Waals surface area contributed by atoms with Crippen molar-refractivity contribution < 1.29 is 9.90 Å². The molecule has 5 nitrogen and oxygen atoms in total. The summed E-state index contributed by atoms with van der Waals surface area (Å²) in [5.74, 6) is -1.06. The lowest BCUT2D eigenvalue weighted by Crippen LogP contribution is -2.26. The van der Waals surface area contributed by atoms with E-state index < -0.39 is 5.97 Å². The standard InChI is InChI=1S/C19H11Cl3N2O3S/c20-11-7-12(21)18-17(16(11)22)23-14(28-18)8-24-13-4-2-1-3-9(13)5-10(19(24)27)6-15(25)26/h1-5,7H,6,8H2,(H,25,26). The number of para-hydroxylation sites is 1. The Morgan fingerprint density at radius 1 is 1.14 bits per heavy atom. The number of halogens is 3. The molecule has 2 heterocycles. The number of thiazole rings is 1. The minimum atomic E-state index is -1.06. The van der Waals surface area contributed by atoms with E-state index in [-0.39, 0.29) is 24.1 Å². The molecule has 0 unspecified atom stereocenters. The molecule has 0 fully saturated rings. The average Bonchev–Trinajstić information content (AvgIpc) is 3.07. The number of carbonyl (C=O) groups is 1. The Labute approximate surface area is 177 Å². The molecule has 0 aliphatic carbocycles. The second-order valence-corrected chi connectivity index (χ2v) is 8.41. The molecule has 0 amide bonds. The van der Waals surface area contributed by atoms with Gasteiger partial charge in [-0.25, -0.2) is 4.98 Å². The molecular weight excluding hydrogens is 443 g/mol. The van der Waals surface area contributed by atoms with Crippen molar-refractivity contribution in [1.82, 2.24) is 9.55 Å². The second-order valence-electron chi connectivity index (χ2n) is 6.13. The summed E-state index contributed by atoms with van der Waals surface area (Å²) >= 11 is 19.9. The minimum Gasteiger partial charge on any atom is -0.481 e. The van der Waals surface area contributed by atoms with Crippen LogP contribution in [0.25, 0.3) is 21.1 Å². The first kappa shape index (κ1) is 19.2. The lowest BCUT2D eigenvalue weighted by atomic mass is 10.1. The summed E-state index contributed by atoms with van der Waals surface area (Å²) in [5, 5.41) is 11.6. The van der Waals surface area contributed by atoms with Gasteiger partial charge in [-0.15, -0.1) is 11.3 Å². The van der Waals surface area contributed by atoms with Gasteiger partial charge in [0.1, 0.15) is 10.5 Å². The number of fused-ring (bicyclic) bond motifs is 2. The number of rotatable bonds is 4. The van der Waals surface area contributed by atoms with Crippen molar-refractivity contribution in [2.24, 2.45) is 0 Å². The van der Waals surface area contributed by atoms with E-state index in [0.717, 1.165) is 5.39 Å². The number of carboxylic acids is 1. The maximum absolute atomic E-state index is 12.9. The SMILES string of the molecule is O=C(O)Cc1cc2ccccc2n(Cc2nc3c(Cl)c(Cl)cc(Cl)c3s2)c1=O. The van der Waals surface area contributed by atoms with E-state index in [1.165, 1.54) is 15.9 Å². The first-order valence-corrected chi connectivity index (χ1v) is 10.1. The van der Waals surface area contributed by atoms with Crippen molar-refractivity contribution in [3.8, 4) is 0 Å². The molecule has 4 aromatic rings. The molecule has 0 aliphatic rings. The summed E-state index contributed by atoms with van der Waals surface area (Å²) in [6.07, 6.45) is -0.350. The quantitative estimate of drug-likeness (QED) is 0.429. The third-order valence-corrected chi connectivity index (χ3v) is 6.53. The number of hydrogen-bond donors (Lipinski definition) is 1. The Morgan fingerprint density at radius 2 is 1.89 bits per heavy atom. The van der Waals surface area contributed by atoms with E-state index in [9.17, 15) is 9.59 Å². The van der Waals surface area contributed by atoms with E-state index >= 15 is 0 Å². The molecule has 4 rings (SSSR count). The summed E-state index contributed by atoms with van der Waals surface area (Å²) in [6.45, 7) is 0.163. The molecule has 2 aromatic carbocycles. The Balaban J connectivity index is 1.90. The van der Waals surface area contributed by atoms with Gasteiger partial charge in [-0.1, -0.05) is 53.0 Å². The Kier molecular flexibility index (Phi) is 5.05. The fourth-order valence-electron chi connectivity index (χ4n) is 3.07. The van der Waals surface area contributed by atoms with E-state index in [2.05, 4.69) is 4.98 Å². The topological polar surface area (TPSA) is 72.2 Å². The Bertz CT molecular complexity index is 1310. The first-order valence-electron chi connectivity index (χ1n) is 8.11. The zero-order valence-corrected chi connectivity index (χ0v) is 17.2. The molecule has 1 N–H and O–H groups in total. The van der Waals surface area contributed by atoms with Crippen molar-refractivity contribution in [3.63, 3.8) is 0 Å². The van der Waals surface area contributed by atoms with Crippen LogP contribution in [0, 0.1) is 0 Å². The molecule has 9 heteroatoms. The number of aromatic nitrogens is 2. The number of benzene rings is 2. The molecule has 0 atom stereocenters. The number of carboxylic acid groups (broad SMARTS) is 1. The minimum absolute atomic E-state index is 0.163. The summed E-state index contributed by atoms with van der Waals surface area (Å²) in [5.41, 5.74) is 1.02. The largest absolute Gasteiger partial charge is 0.481 e. The van der Waals surface area contributed by atoms with E-state index in [1.807, 2.05) is 24.3 Å². The first-order chi connectivity index (χ1) is 13.3. The van der Waals surface area contributed by atoms with E-state index in [0.29, 0.717) is 35.8 Å². The van der Waals surface area contributed by atoms with Crippen LogP contribution in [0.15, 0.2) is 41.2 Å². The number of aliphatic carboxylic acids is 1. The number of pyridine rings is 1. The number of hydrogen-bond acceptors (Lipinski definition) is 4. The number of nitrogens with zero attached hydrogens (tertiary/aromatic N) is 2. The molecule has 0 bridgehead atoms. The van der Waals surface area contributed by atoms with Crippen LogP contribution >= 0.6 is 46.1 Å². The van der Waals surface area contributed by atoms with Gasteiger partial charge in [0.15, 0.2) is 0 Å². The third kappa shape index (κ3) is 3.37. The summed E-state index contributed by atoms with van der Waals surface area (Å²) in [7, 11) is 0. The van der Waals surface area contributed by atoms with Gasteiger partial charge in [0.2, 0.25) is 0 Å². The third-order valence-electron chi connectivity index (χ3n) is 4.27. The monoisotopic (exact) mass is 452 g/mol. The van der Waals surface area contributed by atoms with Gasteiger partial charge in [0, 0.05) is 5.56 Å². The van der Waals surface area contributed by atoms with E-state index in [1.54, 1.807) is 12.1 Å². The highest BCUT2D eigenvalue weighted by Gasteiger charge is 2.17. The van der Waals surface area contributed by atoms with Gasteiger partial charge in [0.25, 0.3) is 5.56 Å². The second kappa shape index (κ2) is 7.37. The van der Waals surface area contributed by atoms with Gasteiger partial charge in [-0.05, 0) is 23.6 Å². The van der Waals surface area contributed by atoms with Crippen molar-refractivity contribution in [2.75, 3.05) is 0 Å². The normalized spacial score (nSPS) is 11.4. The van der Waals surface area contributed by atoms with Crippen LogP contribution in [0.4, 0.5) is 0 Å². The van der Waals surface area contributed by atoms with Crippen LogP contribution in [-0.2, 0) is 17.8 Å². The summed E-state index contributed by atoms with van der Waals surface area (Å²) < 4.78 is 2.21. The molecule has 142 valence electrons. The average molecular weight is 454 g/mol. The van der Waals surface area contributed by atoms with Crippen molar-refractivity contribution in [3.05, 3.63) is 72.4 Å². The van der Waals surface area contributed by atoms with Crippen LogP contribution in [0.2, 0.25) is 15.1 Å². The smallest absolute Gasteiger partial charge is 0.308 e. The molecule has 2 aromatic heterocycles. The zero-order chi connectivity index (χ0) is 20.0. The highest BCUT2D eigenvalue weighted by Crippen LogP contribution is 2.38. The molecule has 0 spiro atoms. The van der Waals surface area contributed by atoms with Gasteiger partial charge in [0.05, 0.1) is 38.3 Å². The van der Waals surface area contributed by atoms with Crippen molar-refractivity contribution in [1.29, 1.82) is 0 Å². The predicted octanol–water partition coefficient (Wildman–Crippen LogP) is 5.25.